The Morgan fingerprint density at radius 1 is 1.03 bits per heavy atom. The molecule has 1 aliphatic rings. The molecular weight excluding hydrogens is 448 g/mol. The molecule has 5 rings (SSSR count). The van der Waals surface area contributed by atoms with Gasteiger partial charge < -0.3 is 19.4 Å². The summed E-state index contributed by atoms with van der Waals surface area (Å²) >= 11 is 0. The Bertz CT molecular complexity index is 1560. The van der Waals surface area contributed by atoms with Crippen LogP contribution < -0.4 is 20.7 Å². The normalized spacial score (nSPS) is 13.1. The number of nitrogens with one attached hydrogen (secondary N) is 1. The number of aromatic nitrogens is 3. The van der Waals surface area contributed by atoms with Crippen LogP contribution in [-0.2, 0) is 31.9 Å². The minimum absolute atomic E-state index is 0.0741. The van der Waals surface area contributed by atoms with Crippen LogP contribution in [0.4, 0.5) is 0 Å². The molecule has 1 aliphatic heterocycles. The van der Waals surface area contributed by atoms with Crippen molar-refractivity contribution in [3.8, 4) is 22.8 Å². The Hall–Kier alpha value is -4.27. The fourth-order valence-corrected chi connectivity index (χ4v) is 4.53. The van der Waals surface area contributed by atoms with Crippen LogP contribution in [0, 0.1) is 0 Å². The summed E-state index contributed by atoms with van der Waals surface area (Å²) in [6.45, 7) is 1.18. The van der Waals surface area contributed by atoms with Crippen molar-refractivity contribution in [2.75, 3.05) is 20.3 Å². The molecule has 180 valence electrons. The number of methoxy groups -OCH3 is 1. The van der Waals surface area contributed by atoms with E-state index < -0.39 is 11.2 Å². The predicted molar refractivity (Wildman–Crippen MR) is 132 cm³/mol. The van der Waals surface area contributed by atoms with E-state index in [2.05, 4.69) is 17.1 Å². The first-order chi connectivity index (χ1) is 16.9. The van der Waals surface area contributed by atoms with Gasteiger partial charge in [-0.3, -0.25) is 18.7 Å². The smallest absolute Gasteiger partial charge is 0.331 e. The SMILES string of the molecule is COc1cc(OCC(=O)N2CCc3ccccc3C2)ccc1-c1cc2c([nH]1)c(=O)n(C)c(=O)n2C. The molecule has 0 unspecified atom stereocenters. The number of H-pyrrole nitrogens is 1. The molecule has 35 heavy (non-hydrogen) atoms. The molecule has 0 saturated carbocycles. The van der Waals surface area contributed by atoms with Gasteiger partial charge >= 0.3 is 5.69 Å². The van der Waals surface area contributed by atoms with E-state index in [1.807, 2.05) is 17.0 Å². The van der Waals surface area contributed by atoms with Gasteiger partial charge in [-0.05, 0) is 35.7 Å². The molecular formula is C26H26N4O5. The molecule has 0 aliphatic carbocycles. The second-order valence-corrected chi connectivity index (χ2v) is 8.63. The van der Waals surface area contributed by atoms with Crippen LogP contribution in [0.5, 0.6) is 11.5 Å². The summed E-state index contributed by atoms with van der Waals surface area (Å²) in [5.74, 6) is 0.931. The van der Waals surface area contributed by atoms with Gasteiger partial charge in [0.2, 0.25) is 0 Å². The maximum absolute atomic E-state index is 12.7. The average molecular weight is 475 g/mol. The summed E-state index contributed by atoms with van der Waals surface area (Å²) in [5, 5.41) is 0. The van der Waals surface area contributed by atoms with Gasteiger partial charge in [0.05, 0.1) is 18.3 Å². The highest BCUT2D eigenvalue weighted by atomic mass is 16.5. The van der Waals surface area contributed by atoms with Crippen molar-refractivity contribution in [2.24, 2.45) is 14.1 Å². The van der Waals surface area contributed by atoms with Gasteiger partial charge in [0, 0.05) is 38.8 Å². The lowest BCUT2D eigenvalue weighted by Crippen LogP contribution is -2.38. The molecule has 3 heterocycles. The third-order valence-corrected chi connectivity index (χ3v) is 6.56. The van der Waals surface area contributed by atoms with Gasteiger partial charge in [-0.25, -0.2) is 4.79 Å². The van der Waals surface area contributed by atoms with Crippen molar-refractivity contribution >= 4 is 16.9 Å². The van der Waals surface area contributed by atoms with Gasteiger partial charge in [-0.15, -0.1) is 0 Å². The van der Waals surface area contributed by atoms with E-state index in [4.69, 9.17) is 9.47 Å². The number of rotatable bonds is 5. The van der Waals surface area contributed by atoms with Crippen LogP contribution in [-0.4, -0.2) is 45.2 Å². The fraction of sp³-hybridized carbons (Fsp3) is 0.269. The van der Waals surface area contributed by atoms with Crippen LogP contribution >= 0.6 is 0 Å². The van der Waals surface area contributed by atoms with Crippen molar-refractivity contribution in [2.45, 2.75) is 13.0 Å². The van der Waals surface area contributed by atoms with Crippen LogP contribution in [0.25, 0.3) is 22.3 Å². The first kappa shape index (κ1) is 22.5. The Balaban J connectivity index is 1.35. The highest BCUT2D eigenvalue weighted by Crippen LogP contribution is 2.34. The van der Waals surface area contributed by atoms with Gasteiger partial charge in [0.1, 0.15) is 17.0 Å². The van der Waals surface area contributed by atoms with Gasteiger partial charge in [0.15, 0.2) is 6.61 Å². The fourth-order valence-electron chi connectivity index (χ4n) is 4.53. The van der Waals surface area contributed by atoms with E-state index in [0.717, 1.165) is 11.0 Å². The highest BCUT2D eigenvalue weighted by Gasteiger charge is 2.21. The molecule has 2 aromatic heterocycles. The molecule has 0 atom stereocenters. The van der Waals surface area contributed by atoms with E-state index in [1.54, 1.807) is 31.3 Å². The molecule has 1 N–H and O–H groups in total. The van der Waals surface area contributed by atoms with E-state index in [1.165, 1.54) is 29.9 Å². The number of nitrogens with zero attached hydrogens (tertiary/aromatic N) is 3. The maximum atomic E-state index is 12.7. The van der Waals surface area contributed by atoms with Crippen LogP contribution in [0.1, 0.15) is 11.1 Å². The molecule has 1 amide bonds. The third-order valence-electron chi connectivity index (χ3n) is 6.56. The lowest BCUT2D eigenvalue weighted by Gasteiger charge is -2.28. The maximum Gasteiger partial charge on any atom is 0.331 e. The third kappa shape index (κ3) is 3.99. The Morgan fingerprint density at radius 3 is 2.57 bits per heavy atom. The number of benzene rings is 2. The first-order valence-electron chi connectivity index (χ1n) is 11.3. The Kier molecular flexibility index (Phi) is 5.68. The number of carbonyl (C=O) groups excluding carboxylic acids is 1. The zero-order valence-corrected chi connectivity index (χ0v) is 19.8. The van der Waals surface area contributed by atoms with Crippen molar-refractivity contribution < 1.29 is 14.3 Å². The number of ether oxygens (including phenoxy) is 2. The zero-order valence-electron chi connectivity index (χ0n) is 19.8. The topological polar surface area (TPSA) is 98.6 Å². The first-order valence-corrected chi connectivity index (χ1v) is 11.3. The van der Waals surface area contributed by atoms with Gasteiger partial charge in [-0.1, -0.05) is 24.3 Å². The molecule has 2 aromatic carbocycles. The van der Waals surface area contributed by atoms with Gasteiger partial charge in [-0.2, -0.15) is 0 Å². The second-order valence-electron chi connectivity index (χ2n) is 8.63. The van der Waals surface area contributed by atoms with Crippen LogP contribution in [0.15, 0.2) is 58.1 Å². The monoisotopic (exact) mass is 474 g/mol. The molecule has 0 radical (unpaired) electrons. The minimum Gasteiger partial charge on any atom is -0.496 e. The number of aryl methyl sites for hydroxylation is 1. The standard InChI is InChI=1S/C26H26N4O5/c1-28-21-13-20(27-24(21)25(32)29(2)26(28)33)19-9-8-18(12-22(19)34-3)35-15-23(31)30-11-10-16-6-4-5-7-17(16)14-30/h4-9,12-13,27H,10-11,14-15H2,1-3H3. The molecule has 9 heteroatoms. The van der Waals surface area contributed by atoms with E-state index in [-0.39, 0.29) is 12.5 Å². The number of hydrogen-bond acceptors (Lipinski definition) is 5. The molecule has 0 bridgehead atoms. The summed E-state index contributed by atoms with van der Waals surface area (Å²) in [6, 6.07) is 15.2. The van der Waals surface area contributed by atoms with Crippen molar-refractivity contribution in [3.63, 3.8) is 0 Å². The molecule has 9 nitrogen and oxygen atoms in total. The second kappa shape index (κ2) is 8.83. The average Bonchev–Trinajstić information content (AvgIpc) is 3.34. The van der Waals surface area contributed by atoms with Crippen LogP contribution in [0.3, 0.4) is 0 Å². The highest BCUT2D eigenvalue weighted by molar-refractivity contribution is 5.84. The summed E-state index contributed by atoms with van der Waals surface area (Å²) in [5.41, 5.74) is 3.83. The summed E-state index contributed by atoms with van der Waals surface area (Å²) in [7, 11) is 4.60. The van der Waals surface area contributed by atoms with E-state index in [0.29, 0.717) is 46.9 Å². The Labute approximate surface area is 201 Å². The number of hydrogen-bond donors (Lipinski definition) is 1. The zero-order chi connectivity index (χ0) is 24.7. The molecule has 4 aromatic rings. The number of amides is 1. The quantitative estimate of drug-likeness (QED) is 0.478. The predicted octanol–water partition coefficient (Wildman–Crippen LogP) is 2.20. The minimum atomic E-state index is -0.398. The van der Waals surface area contributed by atoms with Gasteiger partial charge in [0.25, 0.3) is 11.5 Å². The van der Waals surface area contributed by atoms with E-state index in [9.17, 15) is 14.4 Å². The van der Waals surface area contributed by atoms with Crippen LogP contribution in [0.2, 0.25) is 0 Å². The lowest BCUT2D eigenvalue weighted by molar-refractivity contribution is -0.134. The lowest BCUT2D eigenvalue weighted by atomic mass is 10.00. The molecule has 0 saturated heterocycles. The largest absolute Gasteiger partial charge is 0.496 e. The molecule has 0 spiro atoms. The Morgan fingerprint density at radius 2 is 1.80 bits per heavy atom. The number of fused-ring (bicyclic) bond motifs is 2. The summed E-state index contributed by atoms with van der Waals surface area (Å²) < 4.78 is 13.8. The van der Waals surface area contributed by atoms with Crippen molar-refractivity contribution in [1.82, 2.24) is 19.0 Å². The number of aromatic amines is 1. The molecule has 0 fully saturated rings. The van der Waals surface area contributed by atoms with Crippen molar-refractivity contribution in [3.05, 3.63) is 80.5 Å². The number of carbonyl (C=O) groups is 1. The van der Waals surface area contributed by atoms with Crippen molar-refractivity contribution in [1.29, 1.82) is 0 Å². The summed E-state index contributed by atoms with van der Waals surface area (Å²) in [4.78, 5) is 42.5. The summed E-state index contributed by atoms with van der Waals surface area (Å²) in [6.07, 6.45) is 0.837. The van der Waals surface area contributed by atoms with E-state index >= 15 is 0 Å².